The number of halogens is 1. The third kappa shape index (κ3) is 3.59. The van der Waals surface area contributed by atoms with Crippen molar-refractivity contribution in [3.05, 3.63) is 24.0 Å². The van der Waals surface area contributed by atoms with Gasteiger partial charge in [0.2, 0.25) is 5.91 Å². The molecule has 1 aromatic carbocycles. The summed E-state index contributed by atoms with van der Waals surface area (Å²) in [5.41, 5.74) is 6.19. The summed E-state index contributed by atoms with van der Waals surface area (Å²) in [4.78, 5) is 24.7. The summed E-state index contributed by atoms with van der Waals surface area (Å²) in [6.45, 7) is 1.86. The number of carbonyl (C=O) groups excluding carboxylic acids is 2. The van der Waals surface area contributed by atoms with Crippen LogP contribution in [-0.4, -0.2) is 36.5 Å². The highest BCUT2D eigenvalue weighted by atomic mass is 19.1. The zero-order valence-corrected chi connectivity index (χ0v) is 11.0. The largest absolute Gasteiger partial charge is 0.397 e. The van der Waals surface area contributed by atoms with E-state index in [0.717, 1.165) is 6.07 Å². The van der Waals surface area contributed by atoms with Crippen molar-refractivity contribution in [2.24, 2.45) is 0 Å². The van der Waals surface area contributed by atoms with Crippen LogP contribution in [0.2, 0.25) is 0 Å². The Morgan fingerprint density at radius 2 is 2.30 bits per heavy atom. The monoisotopic (exact) mass is 280 g/mol. The van der Waals surface area contributed by atoms with Crippen molar-refractivity contribution >= 4 is 23.3 Å². The predicted octanol–water partition coefficient (Wildman–Crippen LogP) is 1.15. The van der Waals surface area contributed by atoms with Crippen molar-refractivity contribution < 1.29 is 14.0 Å². The second kappa shape index (κ2) is 6.23. The van der Waals surface area contributed by atoms with Crippen LogP contribution in [0, 0.1) is 5.82 Å². The molecule has 0 radical (unpaired) electrons. The quantitative estimate of drug-likeness (QED) is 0.707. The Hall–Kier alpha value is -2.31. The number of hydrogen-bond donors (Lipinski definition) is 3. The van der Waals surface area contributed by atoms with Gasteiger partial charge in [-0.3, -0.25) is 4.79 Å². The molecule has 1 saturated heterocycles. The number of anilines is 2. The van der Waals surface area contributed by atoms with E-state index in [1.807, 2.05) is 0 Å². The van der Waals surface area contributed by atoms with Gasteiger partial charge in [0.25, 0.3) is 0 Å². The molecule has 6 nitrogen and oxygen atoms in total. The predicted molar refractivity (Wildman–Crippen MR) is 73.6 cm³/mol. The molecule has 3 amide bonds. The average Bonchev–Trinajstić information content (AvgIpc) is 2.79. The first-order valence-electron chi connectivity index (χ1n) is 6.44. The SMILES string of the molecule is Nc1cc(F)ccc1NC(=O)CCCN1CCNC1=O. The molecule has 4 N–H and O–H groups in total. The Morgan fingerprint density at radius 1 is 1.50 bits per heavy atom. The summed E-state index contributed by atoms with van der Waals surface area (Å²) in [7, 11) is 0. The van der Waals surface area contributed by atoms with Gasteiger partial charge < -0.3 is 21.3 Å². The summed E-state index contributed by atoms with van der Waals surface area (Å²) in [5.74, 6) is -0.650. The fourth-order valence-electron chi connectivity index (χ4n) is 2.02. The molecule has 20 heavy (non-hydrogen) atoms. The van der Waals surface area contributed by atoms with Crippen LogP contribution in [0.4, 0.5) is 20.6 Å². The van der Waals surface area contributed by atoms with Crippen molar-refractivity contribution in [2.45, 2.75) is 12.8 Å². The van der Waals surface area contributed by atoms with Gasteiger partial charge in [-0.2, -0.15) is 0 Å². The Balaban J connectivity index is 1.76. The molecule has 0 aliphatic carbocycles. The van der Waals surface area contributed by atoms with E-state index < -0.39 is 5.82 Å². The molecule has 0 aromatic heterocycles. The lowest BCUT2D eigenvalue weighted by atomic mass is 10.2. The number of nitrogens with zero attached hydrogens (tertiary/aromatic N) is 1. The lowest BCUT2D eigenvalue weighted by Crippen LogP contribution is -2.29. The molecule has 0 atom stereocenters. The summed E-state index contributed by atoms with van der Waals surface area (Å²) in [6.07, 6.45) is 0.848. The van der Waals surface area contributed by atoms with Gasteiger partial charge >= 0.3 is 6.03 Å². The minimum absolute atomic E-state index is 0.0896. The van der Waals surface area contributed by atoms with Crippen molar-refractivity contribution in [1.82, 2.24) is 10.2 Å². The highest BCUT2D eigenvalue weighted by molar-refractivity contribution is 5.93. The van der Waals surface area contributed by atoms with E-state index in [1.165, 1.54) is 12.1 Å². The molecule has 2 rings (SSSR count). The van der Waals surface area contributed by atoms with Crippen LogP contribution in [0.5, 0.6) is 0 Å². The number of nitrogens with two attached hydrogens (primary N) is 1. The van der Waals surface area contributed by atoms with E-state index in [4.69, 9.17) is 5.73 Å². The standard InChI is InChI=1S/C13H17FN4O2/c14-9-3-4-11(10(15)8-9)17-12(19)2-1-6-18-7-5-16-13(18)20/h3-4,8H,1-2,5-7,15H2,(H,16,20)(H,17,19). The molecule has 0 spiro atoms. The number of benzene rings is 1. The van der Waals surface area contributed by atoms with Crippen molar-refractivity contribution in [3.8, 4) is 0 Å². The topological polar surface area (TPSA) is 87.5 Å². The van der Waals surface area contributed by atoms with Crippen LogP contribution in [0.15, 0.2) is 18.2 Å². The van der Waals surface area contributed by atoms with Crippen molar-refractivity contribution in [3.63, 3.8) is 0 Å². The number of nitrogens with one attached hydrogen (secondary N) is 2. The minimum atomic E-state index is -0.444. The van der Waals surface area contributed by atoms with Gasteiger partial charge in [-0.25, -0.2) is 9.18 Å². The van der Waals surface area contributed by atoms with E-state index >= 15 is 0 Å². The number of urea groups is 1. The van der Waals surface area contributed by atoms with E-state index in [2.05, 4.69) is 10.6 Å². The van der Waals surface area contributed by atoms with E-state index in [1.54, 1.807) is 4.90 Å². The summed E-state index contributed by atoms with van der Waals surface area (Å²) < 4.78 is 12.9. The number of amides is 3. The normalized spacial score (nSPS) is 14.2. The molecule has 1 aliphatic heterocycles. The van der Waals surface area contributed by atoms with Gasteiger partial charge in [0.05, 0.1) is 11.4 Å². The highest BCUT2D eigenvalue weighted by Crippen LogP contribution is 2.19. The maximum atomic E-state index is 12.9. The van der Waals surface area contributed by atoms with E-state index in [9.17, 15) is 14.0 Å². The molecule has 1 aromatic rings. The maximum absolute atomic E-state index is 12.9. The molecule has 1 aliphatic rings. The van der Waals surface area contributed by atoms with E-state index in [-0.39, 0.29) is 24.0 Å². The molecule has 0 saturated carbocycles. The second-order valence-electron chi connectivity index (χ2n) is 4.60. The lowest BCUT2D eigenvalue weighted by molar-refractivity contribution is -0.116. The second-order valence-corrected chi connectivity index (χ2v) is 4.60. The molecule has 7 heteroatoms. The van der Waals surface area contributed by atoms with Gasteiger partial charge in [-0.05, 0) is 24.6 Å². The Bertz CT molecular complexity index is 521. The van der Waals surface area contributed by atoms with Crippen LogP contribution in [-0.2, 0) is 4.79 Å². The summed E-state index contributed by atoms with van der Waals surface area (Å²) in [6, 6.07) is 3.73. The van der Waals surface area contributed by atoms with Crippen LogP contribution in [0.25, 0.3) is 0 Å². The van der Waals surface area contributed by atoms with Crippen LogP contribution < -0.4 is 16.4 Å². The summed E-state index contributed by atoms with van der Waals surface area (Å²) >= 11 is 0. The van der Waals surface area contributed by atoms with Gasteiger partial charge in [-0.1, -0.05) is 0 Å². The average molecular weight is 280 g/mol. The molecular weight excluding hydrogens is 263 g/mol. The number of nitrogen functional groups attached to an aromatic ring is 1. The smallest absolute Gasteiger partial charge is 0.317 e. The highest BCUT2D eigenvalue weighted by Gasteiger charge is 2.18. The fourth-order valence-corrected chi connectivity index (χ4v) is 2.02. The van der Waals surface area contributed by atoms with Crippen LogP contribution in [0.1, 0.15) is 12.8 Å². The zero-order chi connectivity index (χ0) is 14.5. The molecule has 108 valence electrons. The molecular formula is C13H17FN4O2. The number of carbonyl (C=O) groups is 2. The Labute approximate surface area is 116 Å². The third-order valence-corrected chi connectivity index (χ3v) is 3.06. The van der Waals surface area contributed by atoms with Crippen LogP contribution >= 0.6 is 0 Å². The first kappa shape index (κ1) is 14.1. The van der Waals surface area contributed by atoms with Crippen LogP contribution in [0.3, 0.4) is 0 Å². The maximum Gasteiger partial charge on any atom is 0.317 e. The first-order chi connectivity index (χ1) is 9.56. The molecule has 0 unspecified atom stereocenters. The number of hydrogen-bond acceptors (Lipinski definition) is 3. The van der Waals surface area contributed by atoms with Crippen molar-refractivity contribution in [1.29, 1.82) is 0 Å². The minimum Gasteiger partial charge on any atom is -0.397 e. The first-order valence-corrected chi connectivity index (χ1v) is 6.44. The van der Waals surface area contributed by atoms with Gasteiger partial charge in [0.15, 0.2) is 0 Å². The molecule has 0 bridgehead atoms. The van der Waals surface area contributed by atoms with Gasteiger partial charge in [0, 0.05) is 26.1 Å². The molecule has 1 fully saturated rings. The van der Waals surface area contributed by atoms with Crippen molar-refractivity contribution in [2.75, 3.05) is 30.7 Å². The van der Waals surface area contributed by atoms with E-state index in [0.29, 0.717) is 31.7 Å². The third-order valence-electron chi connectivity index (χ3n) is 3.06. The van der Waals surface area contributed by atoms with Gasteiger partial charge in [-0.15, -0.1) is 0 Å². The molecule has 1 heterocycles. The fraction of sp³-hybridized carbons (Fsp3) is 0.385. The van der Waals surface area contributed by atoms with Gasteiger partial charge in [0.1, 0.15) is 5.82 Å². The summed E-state index contributed by atoms with van der Waals surface area (Å²) in [5, 5.41) is 5.32. The lowest BCUT2D eigenvalue weighted by Gasteiger charge is -2.13. The Morgan fingerprint density at radius 3 is 2.95 bits per heavy atom. The zero-order valence-electron chi connectivity index (χ0n) is 11.0. The number of rotatable bonds is 5. The Kier molecular flexibility index (Phi) is 4.39.